The molecule has 0 N–H and O–H groups in total. The lowest BCUT2D eigenvalue weighted by molar-refractivity contribution is -0.127. The summed E-state index contributed by atoms with van der Waals surface area (Å²) in [7, 11) is 0. The first-order chi connectivity index (χ1) is 8.65. The Morgan fingerprint density at radius 1 is 1.33 bits per heavy atom. The van der Waals surface area contributed by atoms with E-state index in [1.165, 1.54) is 4.88 Å². The number of rotatable bonds is 3. The minimum atomic E-state index is 0.158. The van der Waals surface area contributed by atoms with Crippen molar-refractivity contribution in [3.63, 3.8) is 0 Å². The van der Waals surface area contributed by atoms with Gasteiger partial charge < -0.3 is 4.90 Å². The summed E-state index contributed by atoms with van der Waals surface area (Å²) in [5.41, 5.74) is 1.07. The molecule has 0 aliphatic carbocycles. The number of carbonyl (C=O) groups excluding carboxylic acids is 1. The standard InChI is InChI=1S/C14H20N2OS/c1-12(2)10-14(17)16-7-5-15(6-8-16)11-13-4-3-9-18-13/h3-4,9-10H,5-8,11H2,1-2H3. The molecule has 2 rings (SSSR count). The molecule has 4 heteroatoms. The molecule has 0 spiro atoms. The molecule has 3 nitrogen and oxygen atoms in total. The van der Waals surface area contributed by atoms with Crippen LogP contribution in [0.1, 0.15) is 18.7 Å². The molecule has 0 aromatic carbocycles. The Balaban J connectivity index is 1.81. The van der Waals surface area contributed by atoms with Gasteiger partial charge in [0.1, 0.15) is 0 Å². The summed E-state index contributed by atoms with van der Waals surface area (Å²) in [5.74, 6) is 0.158. The summed E-state index contributed by atoms with van der Waals surface area (Å²) >= 11 is 1.80. The van der Waals surface area contributed by atoms with E-state index in [1.54, 1.807) is 17.4 Å². The van der Waals surface area contributed by atoms with Gasteiger partial charge in [0.05, 0.1) is 0 Å². The third kappa shape index (κ3) is 3.68. The normalized spacial score (nSPS) is 16.7. The number of hydrogen-bond acceptors (Lipinski definition) is 3. The Kier molecular flexibility index (Phi) is 4.55. The Morgan fingerprint density at radius 3 is 2.61 bits per heavy atom. The maximum Gasteiger partial charge on any atom is 0.246 e. The highest BCUT2D eigenvalue weighted by atomic mass is 32.1. The van der Waals surface area contributed by atoms with Gasteiger partial charge >= 0.3 is 0 Å². The molecule has 1 aromatic rings. The van der Waals surface area contributed by atoms with E-state index in [0.717, 1.165) is 38.3 Å². The zero-order chi connectivity index (χ0) is 13.0. The van der Waals surface area contributed by atoms with Gasteiger partial charge in [-0.15, -0.1) is 11.3 Å². The molecular formula is C14H20N2OS. The average Bonchev–Trinajstić information content (AvgIpc) is 2.82. The van der Waals surface area contributed by atoms with E-state index in [9.17, 15) is 4.79 Å². The van der Waals surface area contributed by atoms with Crippen LogP contribution in [0.2, 0.25) is 0 Å². The van der Waals surface area contributed by atoms with Crippen molar-refractivity contribution >= 4 is 17.2 Å². The van der Waals surface area contributed by atoms with Crippen molar-refractivity contribution in [3.05, 3.63) is 34.0 Å². The summed E-state index contributed by atoms with van der Waals surface area (Å²) in [4.78, 5) is 17.6. The molecule has 0 bridgehead atoms. The van der Waals surface area contributed by atoms with Crippen LogP contribution < -0.4 is 0 Å². The summed E-state index contributed by atoms with van der Waals surface area (Å²) in [6.45, 7) is 8.57. The monoisotopic (exact) mass is 264 g/mol. The highest BCUT2D eigenvalue weighted by Crippen LogP contribution is 2.13. The van der Waals surface area contributed by atoms with Crippen LogP contribution in [0.25, 0.3) is 0 Å². The Morgan fingerprint density at radius 2 is 2.06 bits per heavy atom. The van der Waals surface area contributed by atoms with Gasteiger partial charge in [-0.1, -0.05) is 11.6 Å². The van der Waals surface area contributed by atoms with Crippen LogP contribution in [-0.4, -0.2) is 41.9 Å². The molecule has 0 atom stereocenters. The topological polar surface area (TPSA) is 23.6 Å². The molecule has 1 aliphatic heterocycles. The largest absolute Gasteiger partial charge is 0.337 e. The van der Waals surface area contributed by atoms with Crippen molar-refractivity contribution < 1.29 is 4.79 Å². The molecular weight excluding hydrogens is 244 g/mol. The second-order valence-electron chi connectivity index (χ2n) is 4.90. The number of nitrogens with zero attached hydrogens (tertiary/aromatic N) is 2. The zero-order valence-electron chi connectivity index (χ0n) is 11.1. The smallest absolute Gasteiger partial charge is 0.246 e. The minimum Gasteiger partial charge on any atom is -0.337 e. The Labute approximate surface area is 113 Å². The number of hydrogen-bond donors (Lipinski definition) is 0. The lowest BCUT2D eigenvalue weighted by atomic mass is 10.2. The first kappa shape index (κ1) is 13.3. The van der Waals surface area contributed by atoms with E-state index in [4.69, 9.17) is 0 Å². The van der Waals surface area contributed by atoms with Crippen molar-refractivity contribution in [2.24, 2.45) is 0 Å². The van der Waals surface area contributed by atoms with E-state index in [-0.39, 0.29) is 5.91 Å². The molecule has 2 heterocycles. The van der Waals surface area contributed by atoms with Crippen LogP contribution in [-0.2, 0) is 11.3 Å². The van der Waals surface area contributed by atoms with Crippen molar-refractivity contribution in [3.8, 4) is 0 Å². The fraction of sp³-hybridized carbons (Fsp3) is 0.500. The molecule has 1 aliphatic rings. The predicted octanol–water partition coefficient (Wildman–Crippen LogP) is 2.36. The summed E-state index contributed by atoms with van der Waals surface area (Å²) < 4.78 is 0. The van der Waals surface area contributed by atoms with Crippen molar-refractivity contribution in [1.82, 2.24) is 9.80 Å². The first-order valence-electron chi connectivity index (χ1n) is 6.33. The van der Waals surface area contributed by atoms with Crippen LogP contribution in [0.3, 0.4) is 0 Å². The predicted molar refractivity (Wildman–Crippen MR) is 75.6 cm³/mol. The van der Waals surface area contributed by atoms with Crippen LogP contribution in [0.15, 0.2) is 29.2 Å². The van der Waals surface area contributed by atoms with Crippen molar-refractivity contribution in [2.45, 2.75) is 20.4 Å². The summed E-state index contributed by atoms with van der Waals surface area (Å²) in [6.07, 6.45) is 1.73. The van der Waals surface area contributed by atoms with E-state index < -0.39 is 0 Å². The van der Waals surface area contributed by atoms with Crippen LogP contribution in [0.5, 0.6) is 0 Å². The fourth-order valence-corrected chi connectivity index (χ4v) is 2.83. The van der Waals surface area contributed by atoms with E-state index in [1.807, 2.05) is 18.7 Å². The van der Waals surface area contributed by atoms with Gasteiger partial charge in [0.25, 0.3) is 0 Å². The molecule has 1 saturated heterocycles. The molecule has 0 radical (unpaired) electrons. The Bertz CT molecular complexity index is 413. The SMILES string of the molecule is CC(C)=CC(=O)N1CCN(Cc2cccs2)CC1. The van der Waals surface area contributed by atoms with Gasteiger partial charge in [-0.25, -0.2) is 0 Å². The third-order valence-corrected chi connectivity index (χ3v) is 3.92. The van der Waals surface area contributed by atoms with Crippen molar-refractivity contribution in [1.29, 1.82) is 0 Å². The number of piperazine rings is 1. The molecule has 98 valence electrons. The lowest BCUT2D eigenvalue weighted by Gasteiger charge is -2.34. The maximum absolute atomic E-state index is 11.9. The van der Waals surface area contributed by atoms with Crippen molar-refractivity contribution in [2.75, 3.05) is 26.2 Å². The van der Waals surface area contributed by atoms with Crippen LogP contribution in [0.4, 0.5) is 0 Å². The van der Waals surface area contributed by atoms with Gasteiger partial charge in [0.15, 0.2) is 0 Å². The van der Waals surface area contributed by atoms with E-state index >= 15 is 0 Å². The number of allylic oxidation sites excluding steroid dienone is 1. The minimum absolute atomic E-state index is 0.158. The van der Waals surface area contributed by atoms with Gasteiger partial charge in [-0.05, 0) is 25.3 Å². The number of amides is 1. The highest BCUT2D eigenvalue weighted by molar-refractivity contribution is 7.09. The average molecular weight is 264 g/mol. The van der Waals surface area contributed by atoms with Gasteiger partial charge in [0.2, 0.25) is 5.91 Å². The second kappa shape index (κ2) is 6.16. The van der Waals surface area contributed by atoms with Gasteiger partial charge in [0, 0.05) is 43.7 Å². The summed E-state index contributed by atoms with van der Waals surface area (Å²) in [6, 6.07) is 4.26. The second-order valence-corrected chi connectivity index (χ2v) is 5.93. The number of carbonyl (C=O) groups is 1. The molecule has 0 saturated carbocycles. The number of thiophene rings is 1. The molecule has 1 amide bonds. The fourth-order valence-electron chi connectivity index (χ4n) is 2.09. The quantitative estimate of drug-likeness (QED) is 0.783. The lowest BCUT2D eigenvalue weighted by Crippen LogP contribution is -2.47. The summed E-state index contributed by atoms with van der Waals surface area (Å²) in [5, 5.41) is 2.12. The molecule has 0 unspecified atom stereocenters. The molecule has 1 aromatic heterocycles. The highest BCUT2D eigenvalue weighted by Gasteiger charge is 2.19. The van der Waals surface area contributed by atoms with Crippen LogP contribution in [0, 0.1) is 0 Å². The van der Waals surface area contributed by atoms with Gasteiger partial charge in [-0.2, -0.15) is 0 Å². The maximum atomic E-state index is 11.9. The Hall–Kier alpha value is -1.13. The molecule has 18 heavy (non-hydrogen) atoms. The molecule has 1 fully saturated rings. The zero-order valence-corrected chi connectivity index (χ0v) is 11.9. The van der Waals surface area contributed by atoms with Gasteiger partial charge in [-0.3, -0.25) is 9.69 Å². The first-order valence-corrected chi connectivity index (χ1v) is 7.21. The van der Waals surface area contributed by atoms with Crippen LogP contribution >= 0.6 is 11.3 Å². The third-order valence-electron chi connectivity index (χ3n) is 3.06. The van der Waals surface area contributed by atoms with E-state index in [0.29, 0.717) is 0 Å². The van der Waals surface area contributed by atoms with E-state index in [2.05, 4.69) is 22.4 Å².